The maximum absolute atomic E-state index is 12.8. The molecule has 0 aromatic heterocycles. The zero-order valence-corrected chi connectivity index (χ0v) is 13.2. The van der Waals surface area contributed by atoms with Crippen LogP contribution in [0.25, 0.3) is 0 Å². The Kier molecular flexibility index (Phi) is 5.83. The third-order valence-electron chi connectivity index (χ3n) is 2.96. The van der Waals surface area contributed by atoms with Crippen LogP contribution in [0.1, 0.15) is 48.0 Å². The minimum atomic E-state index is -5.73. The average Bonchev–Trinajstić information content (AvgIpc) is 2.18. The molecule has 0 aromatic rings. The van der Waals surface area contributed by atoms with Crippen molar-refractivity contribution in [2.24, 2.45) is 16.7 Å². The highest BCUT2D eigenvalue weighted by molar-refractivity contribution is 5.73. The van der Waals surface area contributed by atoms with Gasteiger partial charge in [-0.1, -0.05) is 41.5 Å². The van der Waals surface area contributed by atoms with Crippen LogP contribution in [0.15, 0.2) is 0 Å². The summed E-state index contributed by atoms with van der Waals surface area (Å²) >= 11 is 0. The van der Waals surface area contributed by atoms with Crippen LogP contribution in [-0.2, 0) is 9.53 Å². The summed E-state index contributed by atoms with van der Waals surface area (Å²) in [5.41, 5.74) is -0.888. The zero-order valence-electron chi connectivity index (χ0n) is 13.2. The molecule has 1 unspecified atom stereocenters. The lowest BCUT2D eigenvalue weighted by Crippen LogP contribution is -2.43. The molecule has 0 aliphatic carbocycles. The van der Waals surface area contributed by atoms with Gasteiger partial charge in [-0.05, 0) is 17.3 Å². The average molecular weight is 318 g/mol. The molecule has 0 aliphatic rings. The van der Waals surface area contributed by atoms with Gasteiger partial charge >= 0.3 is 18.1 Å². The second kappa shape index (κ2) is 6.08. The Morgan fingerprint density at radius 2 is 1.38 bits per heavy atom. The van der Waals surface area contributed by atoms with Crippen molar-refractivity contribution in [2.75, 3.05) is 6.61 Å². The Labute approximate surface area is 122 Å². The number of carbonyl (C=O) groups is 1. The maximum Gasteiger partial charge on any atom is 0.456 e. The van der Waals surface area contributed by atoms with E-state index in [9.17, 15) is 26.7 Å². The maximum atomic E-state index is 12.8. The lowest BCUT2D eigenvalue weighted by Gasteiger charge is -2.34. The molecule has 0 saturated carbocycles. The van der Waals surface area contributed by atoms with E-state index in [-0.39, 0.29) is 5.41 Å². The highest BCUT2D eigenvalue weighted by Gasteiger charge is 2.58. The molecule has 0 saturated heterocycles. The largest absolute Gasteiger partial charge is 0.459 e. The molecule has 0 aliphatic heterocycles. The fourth-order valence-corrected chi connectivity index (χ4v) is 1.70. The molecule has 0 bridgehead atoms. The Hall–Kier alpha value is -0.880. The summed E-state index contributed by atoms with van der Waals surface area (Å²) in [4.78, 5) is 11.9. The van der Waals surface area contributed by atoms with Crippen LogP contribution in [0.5, 0.6) is 0 Å². The summed E-state index contributed by atoms with van der Waals surface area (Å²) in [6.45, 7) is 8.72. The van der Waals surface area contributed by atoms with E-state index in [1.807, 2.05) is 20.8 Å². The fraction of sp³-hybridized carbons (Fsp3) is 0.929. The van der Waals surface area contributed by atoms with Crippen LogP contribution in [0, 0.1) is 16.7 Å². The summed E-state index contributed by atoms with van der Waals surface area (Å²) in [6, 6.07) is 0. The topological polar surface area (TPSA) is 26.3 Å². The summed E-state index contributed by atoms with van der Waals surface area (Å²) in [7, 11) is 0. The molecule has 126 valence electrons. The van der Waals surface area contributed by atoms with Gasteiger partial charge in [0, 0.05) is 0 Å². The SMILES string of the molecule is CC(C)(C)CC(C(=O)OCC(F)(F)C(F)(F)F)C(C)(C)C. The third kappa shape index (κ3) is 6.61. The van der Waals surface area contributed by atoms with E-state index in [1.54, 1.807) is 20.8 Å². The summed E-state index contributed by atoms with van der Waals surface area (Å²) in [5.74, 6) is -6.82. The van der Waals surface area contributed by atoms with E-state index in [0.717, 1.165) is 0 Å². The number of rotatable bonds is 4. The molecule has 1 atom stereocenters. The van der Waals surface area contributed by atoms with Gasteiger partial charge in [0.1, 0.15) is 0 Å². The smallest absolute Gasteiger partial charge is 0.456 e. The Morgan fingerprint density at radius 3 is 1.67 bits per heavy atom. The number of hydrogen-bond donors (Lipinski definition) is 0. The van der Waals surface area contributed by atoms with Gasteiger partial charge in [0.2, 0.25) is 0 Å². The first-order valence-electron chi connectivity index (χ1n) is 6.58. The van der Waals surface area contributed by atoms with Gasteiger partial charge in [-0.3, -0.25) is 4.79 Å². The number of halogens is 5. The molecule has 0 aromatic carbocycles. The van der Waals surface area contributed by atoms with Crippen molar-refractivity contribution in [1.82, 2.24) is 0 Å². The van der Waals surface area contributed by atoms with Crippen molar-refractivity contribution in [1.29, 1.82) is 0 Å². The summed E-state index contributed by atoms with van der Waals surface area (Å²) < 4.78 is 66.0. The molecule has 0 fully saturated rings. The van der Waals surface area contributed by atoms with Crippen LogP contribution in [0.3, 0.4) is 0 Å². The van der Waals surface area contributed by atoms with Crippen LogP contribution in [-0.4, -0.2) is 24.7 Å². The van der Waals surface area contributed by atoms with E-state index in [1.165, 1.54) is 0 Å². The van der Waals surface area contributed by atoms with E-state index >= 15 is 0 Å². The molecular weight excluding hydrogens is 295 g/mol. The van der Waals surface area contributed by atoms with Gasteiger partial charge in [0.05, 0.1) is 5.92 Å². The normalized spacial score (nSPS) is 15.8. The lowest BCUT2D eigenvalue weighted by molar-refractivity contribution is -0.294. The molecule has 2 nitrogen and oxygen atoms in total. The van der Waals surface area contributed by atoms with Gasteiger partial charge in [0.25, 0.3) is 0 Å². The lowest BCUT2D eigenvalue weighted by atomic mass is 9.72. The molecule has 7 heteroatoms. The quantitative estimate of drug-likeness (QED) is 0.548. The molecule has 0 rings (SSSR count). The highest BCUT2D eigenvalue weighted by Crippen LogP contribution is 2.39. The van der Waals surface area contributed by atoms with E-state index in [4.69, 9.17) is 0 Å². The molecular formula is C14H23F5O2. The number of alkyl halides is 5. The van der Waals surface area contributed by atoms with E-state index < -0.39 is 36.0 Å². The predicted octanol–water partition coefficient (Wildman–Crippen LogP) is 4.83. The van der Waals surface area contributed by atoms with Crippen molar-refractivity contribution in [3.63, 3.8) is 0 Å². The van der Waals surface area contributed by atoms with Crippen molar-refractivity contribution in [2.45, 2.75) is 60.1 Å². The van der Waals surface area contributed by atoms with Crippen molar-refractivity contribution in [3.8, 4) is 0 Å². The molecule has 0 spiro atoms. The minimum Gasteiger partial charge on any atom is -0.459 e. The van der Waals surface area contributed by atoms with Crippen LogP contribution < -0.4 is 0 Å². The summed E-state index contributed by atoms with van der Waals surface area (Å²) in [5, 5.41) is 0. The van der Waals surface area contributed by atoms with Gasteiger partial charge in [-0.25, -0.2) is 0 Å². The van der Waals surface area contributed by atoms with Gasteiger partial charge in [-0.2, -0.15) is 22.0 Å². The van der Waals surface area contributed by atoms with Crippen molar-refractivity contribution < 1.29 is 31.5 Å². The number of esters is 1. The van der Waals surface area contributed by atoms with E-state index in [2.05, 4.69) is 4.74 Å². The first-order chi connectivity index (χ1) is 8.97. The number of ether oxygens (including phenoxy) is 1. The Morgan fingerprint density at radius 1 is 0.952 bits per heavy atom. The summed E-state index contributed by atoms with van der Waals surface area (Å²) in [6.07, 6.45) is -5.40. The Balaban J connectivity index is 4.95. The van der Waals surface area contributed by atoms with Crippen molar-refractivity contribution >= 4 is 5.97 Å². The second-order valence-electron chi connectivity index (χ2n) is 7.49. The fourth-order valence-electron chi connectivity index (χ4n) is 1.70. The highest BCUT2D eigenvalue weighted by atomic mass is 19.4. The molecule has 0 radical (unpaired) electrons. The predicted molar refractivity (Wildman–Crippen MR) is 69.0 cm³/mol. The number of hydrogen-bond acceptors (Lipinski definition) is 2. The van der Waals surface area contributed by atoms with Crippen LogP contribution >= 0.6 is 0 Å². The van der Waals surface area contributed by atoms with Gasteiger partial charge in [0.15, 0.2) is 6.61 Å². The second-order valence-corrected chi connectivity index (χ2v) is 7.49. The minimum absolute atomic E-state index is 0.288. The standard InChI is InChI=1S/C14H23F5O2/c1-11(2,3)7-9(12(4,5)6)10(20)21-8-13(15,16)14(17,18)19/h9H,7-8H2,1-6H3. The zero-order chi connectivity index (χ0) is 17.3. The Bertz CT molecular complexity index is 361. The molecule has 0 heterocycles. The molecule has 21 heavy (non-hydrogen) atoms. The van der Waals surface area contributed by atoms with Gasteiger partial charge < -0.3 is 4.74 Å². The molecule has 0 N–H and O–H groups in total. The monoisotopic (exact) mass is 318 g/mol. The van der Waals surface area contributed by atoms with Crippen LogP contribution in [0.4, 0.5) is 22.0 Å². The van der Waals surface area contributed by atoms with Gasteiger partial charge in [-0.15, -0.1) is 0 Å². The number of carbonyl (C=O) groups excluding carboxylic acids is 1. The van der Waals surface area contributed by atoms with Crippen molar-refractivity contribution in [3.05, 3.63) is 0 Å². The molecule has 0 amide bonds. The first kappa shape index (κ1) is 20.1. The van der Waals surface area contributed by atoms with E-state index in [0.29, 0.717) is 6.42 Å². The third-order valence-corrected chi connectivity index (χ3v) is 2.96. The van der Waals surface area contributed by atoms with Crippen LogP contribution in [0.2, 0.25) is 0 Å². The first-order valence-corrected chi connectivity index (χ1v) is 6.58.